The molecule has 1 heterocycles. The molecule has 0 unspecified atom stereocenters. The maximum atomic E-state index is 12.6. The van der Waals surface area contributed by atoms with Crippen molar-refractivity contribution in [3.63, 3.8) is 0 Å². The van der Waals surface area contributed by atoms with Gasteiger partial charge in [-0.3, -0.25) is 4.79 Å². The third-order valence-electron chi connectivity index (χ3n) is 5.72. The Kier molecular flexibility index (Phi) is 6.22. The summed E-state index contributed by atoms with van der Waals surface area (Å²) in [5.41, 5.74) is 7.05. The number of aryl methyl sites for hydroxylation is 2. The van der Waals surface area contributed by atoms with Crippen LogP contribution in [0.15, 0.2) is 54.6 Å². The highest BCUT2D eigenvalue weighted by atomic mass is 16.5. The Labute approximate surface area is 178 Å². The standard InChI is InChI=1S/C26H30N2O2/c1-3-16-30-24-14-8-20(9-15-24)18-27-26(29)21-10-12-23(13-11-21)28-19(2)17-22-6-4-5-7-25(22)28/h8-15,17H,3-7,16,18H2,1-2H3,(H,27,29). The number of nitrogens with zero attached hydrogens (tertiary/aromatic N) is 1. The Morgan fingerprint density at radius 3 is 2.50 bits per heavy atom. The number of aromatic nitrogens is 1. The quantitative estimate of drug-likeness (QED) is 0.576. The first kappa shape index (κ1) is 20.3. The van der Waals surface area contributed by atoms with E-state index in [0.29, 0.717) is 12.1 Å². The van der Waals surface area contributed by atoms with Crippen molar-refractivity contribution in [3.8, 4) is 11.4 Å². The van der Waals surface area contributed by atoms with Gasteiger partial charge < -0.3 is 14.6 Å². The molecule has 0 saturated heterocycles. The van der Waals surface area contributed by atoms with Crippen LogP contribution >= 0.6 is 0 Å². The predicted octanol–water partition coefficient (Wildman–Crippen LogP) is 5.38. The van der Waals surface area contributed by atoms with Gasteiger partial charge in [0.15, 0.2) is 0 Å². The van der Waals surface area contributed by atoms with Crippen LogP contribution in [0.1, 0.15) is 59.1 Å². The molecular formula is C26H30N2O2. The van der Waals surface area contributed by atoms with E-state index < -0.39 is 0 Å². The summed E-state index contributed by atoms with van der Waals surface area (Å²) >= 11 is 0. The third-order valence-corrected chi connectivity index (χ3v) is 5.72. The van der Waals surface area contributed by atoms with E-state index in [0.717, 1.165) is 36.4 Å². The van der Waals surface area contributed by atoms with Crippen molar-refractivity contribution in [2.24, 2.45) is 0 Å². The predicted molar refractivity (Wildman–Crippen MR) is 121 cm³/mol. The summed E-state index contributed by atoms with van der Waals surface area (Å²) in [5.74, 6) is 0.809. The van der Waals surface area contributed by atoms with Crippen molar-refractivity contribution in [1.29, 1.82) is 0 Å². The molecule has 0 fully saturated rings. The van der Waals surface area contributed by atoms with Crippen LogP contribution in [0.5, 0.6) is 5.75 Å². The summed E-state index contributed by atoms with van der Waals surface area (Å²) in [6.45, 7) is 5.47. The van der Waals surface area contributed by atoms with Gasteiger partial charge in [0.2, 0.25) is 0 Å². The average Bonchev–Trinajstić information content (AvgIpc) is 3.12. The lowest BCUT2D eigenvalue weighted by atomic mass is 9.98. The lowest BCUT2D eigenvalue weighted by molar-refractivity contribution is 0.0951. The van der Waals surface area contributed by atoms with Gasteiger partial charge in [0.1, 0.15) is 5.75 Å². The highest BCUT2D eigenvalue weighted by molar-refractivity contribution is 5.94. The van der Waals surface area contributed by atoms with Crippen LogP contribution in [-0.2, 0) is 19.4 Å². The first-order chi connectivity index (χ1) is 14.7. The number of fused-ring (bicyclic) bond motifs is 1. The van der Waals surface area contributed by atoms with Crippen LogP contribution in [0.3, 0.4) is 0 Å². The molecule has 0 bridgehead atoms. The van der Waals surface area contributed by atoms with Gasteiger partial charge >= 0.3 is 0 Å². The van der Waals surface area contributed by atoms with Gasteiger partial charge in [-0.25, -0.2) is 0 Å². The van der Waals surface area contributed by atoms with Crippen LogP contribution in [0.4, 0.5) is 0 Å². The number of ether oxygens (including phenoxy) is 1. The maximum Gasteiger partial charge on any atom is 0.251 e. The molecule has 2 aromatic carbocycles. The summed E-state index contributed by atoms with van der Waals surface area (Å²) in [6, 6.07) is 18.1. The second-order valence-corrected chi connectivity index (χ2v) is 8.02. The molecule has 1 aliphatic carbocycles. The summed E-state index contributed by atoms with van der Waals surface area (Å²) in [4.78, 5) is 12.6. The fourth-order valence-corrected chi connectivity index (χ4v) is 4.18. The molecule has 0 atom stereocenters. The van der Waals surface area contributed by atoms with Crippen LogP contribution in [0.2, 0.25) is 0 Å². The zero-order chi connectivity index (χ0) is 20.9. The minimum absolute atomic E-state index is 0.0564. The Morgan fingerprint density at radius 1 is 1.03 bits per heavy atom. The van der Waals surface area contributed by atoms with E-state index in [9.17, 15) is 4.79 Å². The normalized spacial score (nSPS) is 13.0. The Bertz CT molecular complexity index is 1000. The van der Waals surface area contributed by atoms with Crippen molar-refractivity contribution < 1.29 is 9.53 Å². The Balaban J connectivity index is 1.39. The fourth-order valence-electron chi connectivity index (χ4n) is 4.18. The average molecular weight is 403 g/mol. The molecule has 4 heteroatoms. The van der Waals surface area contributed by atoms with Gasteiger partial charge in [-0.05, 0) is 92.6 Å². The summed E-state index contributed by atoms with van der Waals surface area (Å²) in [7, 11) is 0. The zero-order valence-electron chi connectivity index (χ0n) is 17.9. The molecule has 3 aromatic rings. The third kappa shape index (κ3) is 4.43. The molecule has 0 radical (unpaired) electrons. The first-order valence-electron chi connectivity index (χ1n) is 11.0. The molecule has 1 aromatic heterocycles. The summed E-state index contributed by atoms with van der Waals surface area (Å²) in [5, 5.41) is 3.01. The number of hydrogen-bond acceptors (Lipinski definition) is 2. The lowest BCUT2D eigenvalue weighted by Gasteiger charge is -2.17. The van der Waals surface area contributed by atoms with E-state index in [4.69, 9.17) is 4.74 Å². The Hall–Kier alpha value is -3.01. The number of benzene rings is 2. The molecule has 0 aliphatic heterocycles. The molecule has 0 spiro atoms. The number of hydrogen-bond donors (Lipinski definition) is 1. The number of carbonyl (C=O) groups excluding carboxylic acids is 1. The lowest BCUT2D eigenvalue weighted by Crippen LogP contribution is -2.22. The minimum atomic E-state index is -0.0564. The first-order valence-corrected chi connectivity index (χ1v) is 11.0. The van der Waals surface area contributed by atoms with Crippen LogP contribution < -0.4 is 10.1 Å². The molecule has 1 amide bonds. The molecule has 1 N–H and O–H groups in total. The second kappa shape index (κ2) is 9.21. The highest BCUT2D eigenvalue weighted by Gasteiger charge is 2.17. The zero-order valence-corrected chi connectivity index (χ0v) is 17.9. The molecule has 4 nitrogen and oxygen atoms in total. The van der Waals surface area contributed by atoms with Gasteiger partial charge in [-0.15, -0.1) is 0 Å². The molecular weight excluding hydrogens is 372 g/mol. The van der Waals surface area contributed by atoms with Gasteiger partial charge in [0.25, 0.3) is 5.91 Å². The van der Waals surface area contributed by atoms with Crippen molar-refractivity contribution in [2.45, 2.75) is 52.5 Å². The van der Waals surface area contributed by atoms with Crippen LogP contribution in [-0.4, -0.2) is 17.1 Å². The van der Waals surface area contributed by atoms with Gasteiger partial charge in [-0.1, -0.05) is 19.1 Å². The summed E-state index contributed by atoms with van der Waals surface area (Å²) < 4.78 is 7.95. The Morgan fingerprint density at radius 2 is 1.77 bits per heavy atom. The highest BCUT2D eigenvalue weighted by Crippen LogP contribution is 2.28. The molecule has 4 rings (SSSR count). The SMILES string of the molecule is CCCOc1ccc(CNC(=O)c2ccc(-n3c(C)cc4c3CCCC4)cc2)cc1. The summed E-state index contributed by atoms with van der Waals surface area (Å²) in [6.07, 6.45) is 5.83. The van der Waals surface area contributed by atoms with Crippen molar-refractivity contribution in [1.82, 2.24) is 9.88 Å². The van der Waals surface area contributed by atoms with Crippen LogP contribution in [0, 0.1) is 6.92 Å². The number of nitrogens with one attached hydrogen (secondary N) is 1. The van der Waals surface area contributed by atoms with E-state index >= 15 is 0 Å². The topological polar surface area (TPSA) is 43.3 Å². The smallest absolute Gasteiger partial charge is 0.251 e. The largest absolute Gasteiger partial charge is 0.494 e. The number of carbonyl (C=O) groups is 1. The van der Waals surface area contributed by atoms with Crippen LogP contribution in [0.25, 0.3) is 5.69 Å². The monoisotopic (exact) mass is 402 g/mol. The minimum Gasteiger partial charge on any atom is -0.494 e. The van der Waals surface area contributed by atoms with E-state index in [1.807, 2.05) is 36.4 Å². The number of amides is 1. The van der Waals surface area contributed by atoms with Gasteiger partial charge in [0, 0.05) is 29.2 Å². The molecule has 0 saturated carbocycles. The van der Waals surface area contributed by atoms with Gasteiger partial charge in [0.05, 0.1) is 6.61 Å². The molecule has 156 valence electrons. The fraction of sp³-hybridized carbons (Fsp3) is 0.346. The van der Waals surface area contributed by atoms with Crippen molar-refractivity contribution >= 4 is 5.91 Å². The van der Waals surface area contributed by atoms with Crippen molar-refractivity contribution in [3.05, 3.63) is 82.7 Å². The van der Waals surface area contributed by atoms with E-state index in [-0.39, 0.29) is 5.91 Å². The molecule has 1 aliphatic rings. The second-order valence-electron chi connectivity index (χ2n) is 8.02. The van der Waals surface area contributed by atoms with Gasteiger partial charge in [-0.2, -0.15) is 0 Å². The number of rotatable bonds is 7. The van der Waals surface area contributed by atoms with E-state index in [2.05, 4.69) is 41.9 Å². The van der Waals surface area contributed by atoms with Crippen molar-refractivity contribution in [2.75, 3.05) is 6.61 Å². The van der Waals surface area contributed by atoms with E-state index in [1.54, 1.807) is 0 Å². The maximum absolute atomic E-state index is 12.6. The molecule has 30 heavy (non-hydrogen) atoms. The van der Waals surface area contributed by atoms with E-state index in [1.165, 1.54) is 36.2 Å².